The number of aryl methyl sites for hydroxylation is 2. The fraction of sp³-hybridized carbons (Fsp3) is 0.364. The van der Waals surface area contributed by atoms with Gasteiger partial charge in [0.25, 0.3) is 0 Å². The molecule has 0 aliphatic rings. The summed E-state index contributed by atoms with van der Waals surface area (Å²) in [7, 11) is 0. The van der Waals surface area contributed by atoms with Crippen LogP contribution in [0.15, 0.2) is 18.3 Å². The van der Waals surface area contributed by atoms with Gasteiger partial charge in [0, 0.05) is 16.5 Å². The molecule has 2 heterocycles. The van der Waals surface area contributed by atoms with Gasteiger partial charge in [-0.05, 0) is 24.5 Å². The van der Waals surface area contributed by atoms with Crippen LogP contribution in [0.25, 0.3) is 10.2 Å². The SMILES string of the molecule is CCc1sc2ncccc2c1CC. The van der Waals surface area contributed by atoms with Crippen molar-refractivity contribution >= 4 is 21.6 Å². The molecule has 0 saturated heterocycles. The molecule has 0 spiro atoms. The normalized spacial score (nSPS) is 10.9. The summed E-state index contributed by atoms with van der Waals surface area (Å²) < 4.78 is 0. The third kappa shape index (κ3) is 1.35. The maximum Gasteiger partial charge on any atom is 0.123 e. The molecule has 0 N–H and O–H groups in total. The minimum absolute atomic E-state index is 1.12. The van der Waals surface area contributed by atoms with Crippen molar-refractivity contribution in [3.8, 4) is 0 Å². The van der Waals surface area contributed by atoms with Crippen molar-refractivity contribution in [2.45, 2.75) is 26.7 Å². The van der Waals surface area contributed by atoms with Crippen molar-refractivity contribution in [1.82, 2.24) is 4.98 Å². The standard InChI is InChI=1S/C11H13NS/c1-3-8-9-6-5-7-12-11(9)13-10(8)4-2/h5-7H,3-4H2,1-2H3. The van der Waals surface area contributed by atoms with Gasteiger partial charge in [-0.15, -0.1) is 11.3 Å². The molecule has 0 radical (unpaired) electrons. The molecule has 2 heteroatoms. The van der Waals surface area contributed by atoms with Crippen LogP contribution in [0, 0.1) is 0 Å². The molecule has 0 fully saturated rings. The number of nitrogens with zero attached hydrogens (tertiary/aromatic N) is 1. The zero-order valence-electron chi connectivity index (χ0n) is 8.00. The summed E-state index contributed by atoms with van der Waals surface area (Å²) in [5.74, 6) is 0. The average molecular weight is 191 g/mol. The molecule has 0 amide bonds. The number of thiophene rings is 1. The Kier molecular flexibility index (Phi) is 2.32. The lowest BCUT2D eigenvalue weighted by molar-refractivity contribution is 1.08. The molecule has 68 valence electrons. The Labute approximate surface area is 82.4 Å². The molecular formula is C11H13NS. The van der Waals surface area contributed by atoms with Gasteiger partial charge in [0.1, 0.15) is 4.83 Å². The lowest BCUT2D eigenvalue weighted by atomic mass is 10.1. The van der Waals surface area contributed by atoms with Gasteiger partial charge in [0.05, 0.1) is 0 Å². The van der Waals surface area contributed by atoms with Crippen LogP contribution in [0.4, 0.5) is 0 Å². The van der Waals surface area contributed by atoms with E-state index in [0.29, 0.717) is 0 Å². The highest BCUT2D eigenvalue weighted by Crippen LogP contribution is 2.30. The van der Waals surface area contributed by atoms with Crippen molar-refractivity contribution in [3.05, 3.63) is 28.8 Å². The predicted octanol–water partition coefficient (Wildman–Crippen LogP) is 3.42. The summed E-state index contributed by atoms with van der Waals surface area (Å²) in [5, 5.41) is 1.35. The second kappa shape index (κ2) is 3.46. The minimum atomic E-state index is 1.12. The fourth-order valence-corrected chi connectivity index (χ4v) is 2.87. The maximum absolute atomic E-state index is 4.38. The van der Waals surface area contributed by atoms with E-state index in [1.807, 2.05) is 23.6 Å². The van der Waals surface area contributed by atoms with E-state index >= 15 is 0 Å². The van der Waals surface area contributed by atoms with Gasteiger partial charge in [0.2, 0.25) is 0 Å². The number of fused-ring (bicyclic) bond motifs is 1. The minimum Gasteiger partial charge on any atom is -0.245 e. The first-order valence-corrected chi connectivity index (χ1v) is 5.53. The van der Waals surface area contributed by atoms with Crippen LogP contribution in [-0.2, 0) is 12.8 Å². The molecule has 0 aliphatic heterocycles. The Morgan fingerprint density at radius 1 is 1.31 bits per heavy atom. The van der Waals surface area contributed by atoms with E-state index in [2.05, 4.69) is 24.9 Å². The van der Waals surface area contributed by atoms with E-state index in [-0.39, 0.29) is 0 Å². The van der Waals surface area contributed by atoms with Crippen LogP contribution in [0.5, 0.6) is 0 Å². The van der Waals surface area contributed by atoms with Crippen LogP contribution in [0.2, 0.25) is 0 Å². The highest BCUT2D eigenvalue weighted by Gasteiger charge is 2.08. The van der Waals surface area contributed by atoms with Crippen LogP contribution in [0.3, 0.4) is 0 Å². The summed E-state index contributed by atoms with van der Waals surface area (Å²) in [6.45, 7) is 4.43. The van der Waals surface area contributed by atoms with Crippen molar-refractivity contribution < 1.29 is 0 Å². The molecule has 2 aromatic heterocycles. The van der Waals surface area contributed by atoms with E-state index in [4.69, 9.17) is 0 Å². The topological polar surface area (TPSA) is 12.9 Å². The first kappa shape index (κ1) is 8.70. The van der Waals surface area contributed by atoms with Crippen molar-refractivity contribution in [2.24, 2.45) is 0 Å². The van der Waals surface area contributed by atoms with Gasteiger partial charge in [-0.1, -0.05) is 19.9 Å². The Bertz CT molecular complexity index is 417. The Morgan fingerprint density at radius 2 is 2.15 bits per heavy atom. The third-order valence-electron chi connectivity index (χ3n) is 2.33. The van der Waals surface area contributed by atoms with Gasteiger partial charge < -0.3 is 0 Å². The Hall–Kier alpha value is -0.890. The first-order valence-electron chi connectivity index (χ1n) is 4.72. The highest BCUT2D eigenvalue weighted by molar-refractivity contribution is 7.18. The summed E-state index contributed by atoms with van der Waals surface area (Å²) in [4.78, 5) is 7.06. The lowest BCUT2D eigenvalue weighted by Gasteiger charge is -1.96. The van der Waals surface area contributed by atoms with Crippen LogP contribution < -0.4 is 0 Å². The zero-order chi connectivity index (χ0) is 9.26. The van der Waals surface area contributed by atoms with Gasteiger partial charge in [0.15, 0.2) is 0 Å². The zero-order valence-corrected chi connectivity index (χ0v) is 8.82. The second-order valence-corrected chi connectivity index (χ2v) is 4.15. The van der Waals surface area contributed by atoms with Gasteiger partial charge in [-0.25, -0.2) is 4.98 Å². The molecule has 0 aromatic carbocycles. The van der Waals surface area contributed by atoms with Gasteiger partial charge in [-0.2, -0.15) is 0 Å². The largest absolute Gasteiger partial charge is 0.245 e. The van der Waals surface area contributed by atoms with Crippen molar-refractivity contribution in [3.63, 3.8) is 0 Å². The summed E-state index contributed by atoms with van der Waals surface area (Å²) in [6, 6.07) is 4.20. The second-order valence-electron chi connectivity index (χ2n) is 3.07. The molecule has 0 unspecified atom stereocenters. The number of rotatable bonds is 2. The van der Waals surface area contributed by atoms with E-state index in [0.717, 1.165) is 12.8 Å². The van der Waals surface area contributed by atoms with E-state index in [9.17, 15) is 0 Å². The molecule has 1 nitrogen and oxygen atoms in total. The number of pyridine rings is 1. The molecule has 13 heavy (non-hydrogen) atoms. The van der Waals surface area contributed by atoms with Crippen LogP contribution >= 0.6 is 11.3 Å². The number of hydrogen-bond acceptors (Lipinski definition) is 2. The average Bonchev–Trinajstić information content (AvgIpc) is 2.55. The van der Waals surface area contributed by atoms with Gasteiger partial charge in [-0.3, -0.25) is 0 Å². The maximum atomic E-state index is 4.38. The Balaban J connectivity index is 2.73. The summed E-state index contributed by atoms with van der Waals surface area (Å²) >= 11 is 1.84. The Morgan fingerprint density at radius 3 is 2.85 bits per heavy atom. The monoisotopic (exact) mass is 191 g/mol. The molecule has 0 saturated carbocycles. The summed E-state index contributed by atoms with van der Waals surface area (Å²) in [5.41, 5.74) is 1.50. The number of hydrogen-bond donors (Lipinski definition) is 0. The molecular weight excluding hydrogens is 178 g/mol. The first-order chi connectivity index (χ1) is 6.36. The quantitative estimate of drug-likeness (QED) is 0.708. The lowest BCUT2D eigenvalue weighted by Crippen LogP contribution is -1.83. The van der Waals surface area contributed by atoms with E-state index in [1.54, 1.807) is 0 Å². The molecule has 0 atom stereocenters. The third-order valence-corrected chi connectivity index (χ3v) is 3.63. The van der Waals surface area contributed by atoms with Crippen molar-refractivity contribution in [2.75, 3.05) is 0 Å². The molecule has 2 aromatic rings. The van der Waals surface area contributed by atoms with E-state index in [1.165, 1.54) is 20.7 Å². The van der Waals surface area contributed by atoms with Crippen LogP contribution in [0.1, 0.15) is 24.3 Å². The summed E-state index contributed by atoms with van der Waals surface area (Å²) in [6.07, 6.45) is 4.12. The number of aromatic nitrogens is 1. The van der Waals surface area contributed by atoms with Gasteiger partial charge >= 0.3 is 0 Å². The van der Waals surface area contributed by atoms with Crippen molar-refractivity contribution in [1.29, 1.82) is 0 Å². The molecule has 2 rings (SSSR count). The highest BCUT2D eigenvalue weighted by atomic mass is 32.1. The smallest absolute Gasteiger partial charge is 0.123 e. The molecule has 0 aliphatic carbocycles. The van der Waals surface area contributed by atoms with E-state index < -0.39 is 0 Å². The van der Waals surface area contributed by atoms with Crippen LogP contribution in [-0.4, -0.2) is 4.98 Å². The molecule has 0 bridgehead atoms. The predicted molar refractivity (Wildman–Crippen MR) is 58.4 cm³/mol. The fourth-order valence-electron chi connectivity index (χ4n) is 1.70.